The van der Waals surface area contributed by atoms with Crippen molar-refractivity contribution in [2.75, 3.05) is 4.90 Å². The molecule has 3 heterocycles. The molecule has 0 unspecified atom stereocenters. The molecule has 1 aromatic carbocycles. The van der Waals surface area contributed by atoms with Crippen LogP contribution in [0.1, 0.15) is 46.0 Å². The van der Waals surface area contributed by atoms with Crippen molar-refractivity contribution in [3.05, 3.63) is 70.0 Å². The van der Waals surface area contributed by atoms with Gasteiger partial charge in [-0.1, -0.05) is 18.2 Å². The third-order valence-corrected chi connectivity index (χ3v) is 6.27. The predicted octanol–water partition coefficient (Wildman–Crippen LogP) is 4.76. The largest absolute Gasteiger partial charge is 0.467 e. The SMILES string of the molecule is Cc1sc(/N=C2/C(=O)N(C(C)C)c3ccccc32)c(C(=O)NCc2ccco2)c1C. The fourth-order valence-electron chi connectivity index (χ4n) is 3.57. The van der Waals surface area contributed by atoms with Crippen LogP contribution in [0.3, 0.4) is 0 Å². The molecule has 2 amide bonds. The molecule has 4 rings (SSSR count). The van der Waals surface area contributed by atoms with E-state index in [4.69, 9.17) is 9.41 Å². The zero-order chi connectivity index (χ0) is 21.4. The van der Waals surface area contributed by atoms with E-state index < -0.39 is 0 Å². The highest BCUT2D eigenvalue weighted by atomic mass is 32.1. The number of carbonyl (C=O) groups excluding carboxylic acids is 2. The third-order valence-electron chi connectivity index (χ3n) is 5.17. The molecule has 1 N–H and O–H groups in total. The number of furan rings is 1. The topological polar surface area (TPSA) is 74.9 Å². The Morgan fingerprint density at radius 1 is 1.20 bits per heavy atom. The molecule has 154 valence electrons. The second kappa shape index (κ2) is 7.91. The minimum atomic E-state index is -0.230. The number of nitrogens with one attached hydrogen (secondary N) is 1. The summed E-state index contributed by atoms with van der Waals surface area (Å²) in [6, 6.07) is 11.2. The Hall–Kier alpha value is -3.19. The molecular formula is C23H23N3O3S. The molecule has 1 aliphatic rings. The molecule has 0 fully saturated rings. The molecule has 0 bridgehead atoms. The second-order valence-electron chi connectivity index (χ2n) is 7.47. The minimum absolute atomic E-state index is 0.00854. The lowest BCUT2D eigenvalue weighted by atomic mass is 10.1. The summed E-state index contributed by atoms with van der Waals surface area (Å²) >= 11 is 1.42. The Morgan fingerprint density at radius 3 is 2.67 bits per heavy atom. The number of aliphatic imine (C=N–C) groups is 1. The maximum absolute atomic E-state index is 13.1. The number of aryl methyl sites for hydroxylation is 1. The molecule has 0 aliphatic carbocycles. The van der Waals surface area contributed by atoms with Crippen molar-refractivity contribution in [3.8, 4) is 0 Å². The average Bonchev–Trinajstić information content (AvgIpc) is 3.39. The minimum Gasteiger partial charge on any atom is -0.467 e. The number of hydrogen-bond donors (Lipinski definition) is 1. The van der Waals surface area contributed by atoms with E-state index in [1.807, 2.05) is 58.0 Å². The highest BCUT2D eigenvalue weighted by Crippen LogP contribution is 2.38. The zero-order valence-corrected chi connectivity index (χ0v) is 18.2. The van der Waals surface area contributed by atoms with Crippen molar-refractivity contribution in [1.29, 1.82) is 0 Å². The van der Waals surface area contributed by atoms with Crippen LogP contribution in [0, 0.1) is 13.8 Å². The Kier molecular flexibility index (Phi) is 5.30. The molecule has 30 heavy (non-hydrogen) atoms. The number of thiophene rings is 1. The van der Waals surface area contributed by atoms with E-state index in [9.17, 15) is 9.59 Å². The summed E-state index contributed by atoms with van der Waals surface area (Å²) in [7, 11) is 0. The van der Waals surface area contributed by atoms with E-state index in [1.54, 1.807) is 17.2 Å². The molecule has 0 atom stereocenters. The lowest BCUT2D eigenvalue weighted by Gasteiger charge is -2.20. The van der Waals surface area contributed by atoms with E-state index in [1.165, 1.54) is 11.3 Å². The normalized spacial score (nSPS) is 14.6. The van der Waals surface area contributed by atoms with E-state index in [-0.39, 0.29) is 17.9 Å². The number of hydrogen-bond acceptors (Lipinski definition) is 5. The highest BCUT2D eigenvalue weighted by molar-refractivity contribution is 7.16. The highest BCUT2D eigenvalue weighted by Gasteiger charge is 2.35. The molecular weight excluding hydrogens is 398 g/mol. The summed E-state index contributed by atoms with van der Waals surface area (Å²) in [4.78, 5) is 33.6. The van der Waals surface area contributed by atoms with Gasteiger partial charge in [0.05, 0.1) is 24.1 Å². The molecule has 2 aromatic heterocycles. The summed E-state index contributed by atoms with van der Waals surface area (Å²) < 4.78 is 5.29. The van der Waals surface area contributed by atoms with Crippen LogP contribution in [0.25, 0.3) is 0 Å². The monoisotopic (exact) mass is 421 g/mol. The van der Waals surface area contributed by atoms with Gasteiger partial charge in [-0.05, 0) is 51.5 Å². The number of anilines is 1. The number of nitrogens with zero attached hydrogens (tertiary/aromatic N) is 2. The fourth-order valence-corrected chi connectivity index (χ4v) is 4.60. The first-order chi connectivity index (χ1) is 14.4. The quantitative estimate of drug-likeness (QED) is 0.645. The van der Waals surface area contributed by atoms with Crippen LogP contribution in [-0.4, -0.2) is 23.6 Å². The first-order valence-corrected chi connectivity index (χ1v) is 10.6. The Balaban J connectivity index is 1.73. The molecule has 0 saturated carbocycles. The van der Waals surface area contributed by atoms with Gasteiger partial charge in [-0.25, -0.2) is 4.99 Å². The van der Waals surface area contributed by atoms with Gasteiger partial charge in [0.15, 0.2) is 0 Å². The van der Waals surface area contributed by atoms with Gasteiger partial charge in [-0.15, -0.1) is 11.3 Å². The van der Waals surface area contributed by atoms with Crippen molar-refractivity contribution in [3.63, 3.8) is 0 Å². The van der Waals surface area contributed by atoms with E-state index in [0.717, 1.165) is 21.7 Å². The Labute approximate surface area is 179 Å². The first kappa shape index (κ1) is 20.1. The zero-order valence-electron chi connectivity index (χ0n) is 17.4. The van der Waals surface area contributed by atoms with E-state index in [0.29, 0.717) is 28.6 Å². The van der Waals surface area contributed by atoms with Crippen molar-refractivity contribution in [2.45, 2.75) is 40.3 Å². The number of rotatable bonds is 5. The van der Waals surface area contributed by atoms with Gasteiger partial charge in [-0.3, -0.25) is 9.59 Å². The van der Waals surface area contributed by atoms with Gasteiger partial charge < -0.3 is 14.6 Å². The van der Waals surface area contributed by atoms with Gasteiger partial charge in [0, 0.05) is 16.5 Å². The van der Waals surface area contributed by atoms with Crippen molar-refractivity contribution in [2.24, 2.45) is 4.99 Å². The lowest BCUT2D eigenvalue weighted by molar-refractivity contribution is -0.112. The molecule has 1 aliphatic heterocycles. The van der Waals surface area contributed by atoms with Crippen molar-refractivity contribution in [1.82, 2.24) is 5.32 Å². The second-order valence-corrected chi connectivity index (χ2v) is 8.68. The van der Waals surface area contributed by atoms with Crippen LogP contribution in [0.5, 0.6) is 0 Å². The molecule has 6 nitrogen and oxygen atoms in total. The lowest BCUT2D eigenvalue weighted by Crippen LogP contribution is -2.35. The number of benzene rings is 1. The standard InChI is InChI=1S/C23H23N3O3S/c1-13(2)26-18-10-6-5-9-17(18)20(23(26)28)25-22-19(14(3)15(4)30-22)21(27)24-12-16-8-7-11-29-16/h5-11,13H,12H2,1-4H3,(H,24,27)/b25-20+. The van der Waals surface area contributed by atoms with E-state index >= 15 is 0 Å². The average molecular weight is 422 g/mol. The van der Waals surface area contributed by atoms with Gasteiger partial charge in [0.1, 0.15) is 16.5 Å². The molecule has 0 saturated heterocycles. The van der Waals surface area contributed by atoms with Crippen molar-refractivity contribution >= 4 is 39.6 Å². The van der Waals surface area contributed by atoms with Crippen LogP contribution in [0.4, 0.5) is 10.7 Å². The summed E-state index contributed by atoms with van der Waals surface area (Å²) in [6.07, 6.45) is 1.57. The van der Waals surface area contributed by atoms with Gasteiger partial charge in [0.25, 0.3) is 11.8 Å². The van der Waals surface area contributed by atoms with E-state index in [2.05, 4.69) is 5.32 Å². The van der Waals surface area contributed by atoms with Crippen LogP contribution in [0.2, 0.25) is 0 Å². The van der Waals surface area contributed by atoms with Crippen LogP contribution >= 0.6 is 11.3 Å². The van der Waals surface area contributed by atoms with Gasteiger partial charge >= 0.3 is 0 Å². The maximum atomic E-state index is 13.1. The number of amides is 2. The summed E-state index contributed by atoms with van der Waals surface area (Å²) in [6.45, 7) is 8.11. The van der Waals surface area contributed by atoms with Crippen LogP contribution in [0.15, 0.2) is 52.1 Å². The number of para-hydroxylation sites is 1. The van der Waals surface area contributed by atoms with Crippen LogP contribution in [-0.2, 0) is 11.3 Å². The molecule has 3 aromatic rings. The summed E-state index contributed by atoms with van der Waals surface area (Å²) in [5, 5.41) is 3.43. The number of carbonyl (C=O) groups is 2. The summed E-state index contributed by atoms with van der Waals surface area (Å²) in [5.74, 6) is 0.303. The molecule has 0 radical (unpaired) electrons. The van der Waals surface area contributed by atoms with Gasteiger partial charge in [0.2, 0.25) is 0 Å². The Bertz CT molecular complexity index is 1140. The third kappa shape index (κ3) is 3.45. The van der Waals surface area contributed by atoms with Gasteiger partial charge in [-0.2, -0.15) is 0 Å². The molecule has 7 heteroatoms. The first-order valence-electron chi connectivity index (χ1n) is 9.80. The number of fused-ring (bicyclic) bond motifs is 1. The molecule has 0 spiro atoms. The Morgan fingerprint density at radius 2 is 1.97 bits per heavy atom. The predicted molar refractivity (Wildman–Crippen MR) is 119 cm³/mol. The summed E-state index contributed by atoms with van der Waals surface area (Å²) in [5.41, 5.74) is 3.40. The van der Waals surface area contributed by atoms with Crippen molar-refractivity contribution < 1.29 is 14.0 Å². The fraction of sp³-hybridized carbons (Fsp3) is 0.261. The van der Waals surface area contributed by atoms with Crippen LogP contribution < -0.4 is 10.2 Å². The smallest absolute Gasteiger partial charge is 0.277 e. The maximum Gasteiger partial charge on any atom is 0.277 e.